The van der Waals surface area contributed by atoms with E-state index in [1.165, 1.54) is 25.9 Å². The Labute approximate surface area is 86.8 Å². The van der Waals surface area contributed by atoms with E-state index in [9.17, 15) is 0 Å². The van der Waals surface area contributed by atoms with Crippen LogP contribution in [0.5, 0.6) is 0 Å². The van der Waals surface area contributed by atoms with Gasteiger partial charge < -0.3 is 10.1 Å². The zero-order valence-corrected chi connectivity index (χ0v) is 9.38. The Kier molecular flexibility index (Phi) is 3.10. The van der Waals surface area contributed by atoms with Gasteiger partial charge in [0.25, 0.3) is 0 Å². The summed E-state index contributed by atoms with van der Waals surface area (Å²) in [5.41, 5.74) is 0.136. The molecule has 2 rings (SSSR count). The Balaban J connectivity index is 1.83. The van der Waals surface area contributed by atoms with E-state index in [0.717, 1.165) is 19.7 Å². The first-order valence-corrected chi connectivity index (χ1v) is 5.78. The van der Waals surface area contributed by atoms with Crippen LogP contribution >= 0.6 is 0 Å². The predicted molar refractivity (Wildman–Crippen MR) is 57.5 cm³/mol. The zero-order valence-electron chi connectivity index (χ0n) is 9.38. The Bertz CT molecular complexity index is 190. The van der Waals surface area contributed by atoms with Crippen molar-refractivity contribution >= 4 is 0 Å². The minimum atomic E-state index is 0.136. The van der Waals surface area contributed by atoms with Gasteiger partial charge in [-0.25, -0.2) is 0 Å². The van der Waals surface area contributed by atoms with Crippen LogP contribution in [0.15, 0.2) is 0 Å². The summed E-state index contributed by atoms with van der Waals surface area (Å²) in [4.78, 5) is 2.53. The fourth-order valence-electron chi connectivity index (χ4n) is 2.59. The molecule has 2 heterocycles. The Morgan fingerprint density at radius 2 is 2.43 bits per heavy atom. The number of nitrogens with one attached hydrogen (secondary N) is 1. The first-order chi connectivity index (χ1) is 6.68. The third-order valence-electron chi connectivity index (χ3n) is 3.31. The highest BCUT2D eigenvalue weighted by Crippen LogP contribution is 2.26. The second-order valence-corrected chi connectivity index (χ2v) is 4.99. The lowest BCUT2D eigenvalue weighted by Gasteiger charge is -2.37. The standard InChI is InChI=1S/C11H22N2O/c1-10-8-13(6-5-12-10)9-11(2)4-3-7-14-11/h10,12H,3-9H2,1-2H3. The number of piperazine rings is 1. The monoisotopic (exact) mass is 198 g/mol. The van der Waals surface area contributed by atoms with Gasteiger partial charge in [0.15, 0.2) is 0 Å². The van der Waals surface area contributed by atoms with Gasteiger partial charge in [0, 0.05) is 38.8 Å². The maximum atomic E-state index is 5.82. The number of rotatable bonds is 2. The molecule has 14 heavy (non-hydrogen) atoms. The highest BCUT2D eigenvalue weighted by molar-refractivity contribution is 4.86. The second-order valence-electron chi connectivity index (χ2n) is 4.99. The van der Waals surface area contributed by atoms with E-state index in [1.54, 1.807) is 0 Å². The number of hydrogen-bond acceptors (Lipinski definition) is 3. The van der Waals surface area contributed by atoms with E-state index in [0.29, 0.717) is 6.04 Å². The van der Waals surface area contributed by atoms with Crippen molar-refractivity contribution < 1.29 is 4.74 Å². The molecule has 0 radical (unpaired) electrons. The molecule has 2 saturated heterocycles. The molecule has 3 nitrogen and oxygen atoms in total. The van der Waals surface area contributed by atoms with E-state index in [1.807, 2.05) is 0 Å². The smallest absolute Gasteiger partial charge is 0.0781 e. The Morgan fingerprint density at radius 1 is 1.57 bits per heavy atom. The molecule has 2 atom stereocenters. The molecule has 0 saturated carbocycles. The van der Waals surface area contributed by atoms with Crippen LogP contribution in [0.2, 0.25) is 0 Å². The first kappa shape index (κ1) is 10.4. The number of nitrogens with zero attached hydrogens (tertiary/aromatic N) is 1. The molecule has 2 aliphatic heterocycles. The second kappa shape index (κ2) is 4.17. The van der Waals surface area contributed by atoms with E-state index in [-0.39, 0.29) is 5.60 Å². The quantitative estimate of drug-likeness (QED) is 0.712. The fourth-order valence-corrected chi connectivity index (χ4v) is 2.59. The van der Waals surface area contributed by atoms with E-state index >= 15 is 0 Å². The summed E-state index contributed by atoms with van der Waals surface area (Å²) in [5, 5.41) is 3.47. The van der Waals surface area contributed by atoms with Crippen molar-refractivity contribution in [2.45, 2.75) is 38.3 Å². The van der Waals surface area contributed by atoms with Gasteiger partial charge in [-0.3, -0.25) is 4.90 Å². The lowest BCUT2D eigenvalue weighted by atomic mass is 10.0. The van der Waals surface area contributed by atoms with Crippen LogP contribution in [-0.4, -0.2) is 49.3 Å². The van der Waals surface area contributed by atoms with Gasteiger partial charge in [0.05, 0.1) is 5.60 Å². The van der Waals surface area contributed by atoms with Crippen molar-refractivity contribution in [2.75, 3.05) is 32.8 Å². The molecule has 82 valence electrons. The minimum Gasteiger partial charge on any atom is -0.374 e. The zero-order chi connectivity index (χ0) is 10.0. The highest BCUT2D eigenvalue weighted by atomic mass is 16.5. The summed E-state index contributed by atoms with van der Waals surface area (Å²) in [6, 6.07) is 0.633. The van der Waals surface area contributed by atoms with Gasteiger partial charge in [0.2, 0.25) is 0 Å². The summed E-state index contributed by atoms with van der Waals surface area (Å²) < 4.78 is 5.82. The largest absolute Gasteiger partial charge is 0.374 e. The molecule has 0 aromatic rings. The lowest BCUT2D eigenvalue weighted by molar-refractivity contribution is -0.0138. The third kappa shape index (κ3) is 2.47. The average Bonchev–Trinajstić information content (AvgIpc) is 2.51. The molecule has 0 aliphatic carbocycles. The van der Waals surface area contributed by atoms with Gasteiger partial charge in [-0.15, -0.1) is 0 Å². The van der Waals surface area contributed by atoms with E-state index in [4.69, 9.17) is 4.74 Å². The molecule has 0 aromatic carbocycles. The number of hydrogen-bond donors (Lipinski definition) is 1. The van der Waals surface area contributed by atoms with Crippen molar-refractivity contribution in [1.29, 1.82) is 0 Å². The summed E-state index contributed by atoms with van der Waals surface area (Å²) in [6.45, 7) is 10.0. The molecule has 2 unspecified atom stereocenters. The van der Waals surface area contributed by atoms with Crippen molar-refractivity contribution in [2.24, 2.45) is 0 Å². The van der Waals surface area contributed by atoms with Crippen molar-refractivity contribution in [1.82, 2.24) is 10.2 Å². The lowest BCUT2D eigenvalue weighted by Crippen LogP contribution is -2.53. The van der Waals surface area contributed by atoms with Gasteiger partial charge >= 0.3 is 0 Å². The Morgan fingerprint density at radius 3 is 3.07 bits per heavy atom. The average molecular weight is 198 g/mol. The van der Waals surface area contributed by atoms with Gasteiger partial charge in [-0.1, -0.05) is 0 Å². The molecule has 3 heteroatoms. The molecule has 0 aromatic heterocycles. The summed E-state index contributed by atoms with van der Waals surface area (Å²) in [5.74, 6) is 0. The van der Waals surface area contributed by atoms with Crippen LogP contribution < -0.4 is 5.32 Å². The Hall–Kier alpha value is -0.120. The first-order valence-electron chi connectivity index (χ1n) is 5.78. The normalized spacial score (nSPS) is 40.3. The van der Waals surface area contributed by atoms with Gasteiger partial charge in [-0.2, -0.15) is 0 Å². The van der Waals surface area contributed by atoms with Gasteiger partial charge in [0.1, 0.15) is 0 Å². The summed E-state index contributed by atoms with van der Waals surface area (Å²) in [7, 11) is 0. The molecule has 1 N–H and O–H groups in total. The fraction of sp³-hybridized carbons (Fsp3) is 1.00. The van der Waals surface area contributed by atoms with Crippen molar-refractivity contribution in [3.8, 4) is 0 Å². The minimum absolute atomic E-state index is 0.136. The molecular formula is C11H22N2O. The predicted octanol–water partition coefficient (Wildman–Crippen LogP) is 0.849. The maximum absolute atomic E-state index is 5.82. The molecular weight excluding hydrogens is 176 g/mol. The van der Waals surface area contributed by atoms with Crippen LogP contribution in [0.25, 0.3) is 0 Å². The summed E-state index contributed by atoms with van der Waals surface area (Å²) in [6.07, 6.45) is 2.46. The topological polar surface area (TPSA) is 24.5 Å². The van der Waals surface area contributed by atoms with Crippen molar-refractivity contribution in [3.05, 3.63) is 0 Å². The van der Waals surface area contributed by atoms with Gasteiger partial charge in [-0.05, 0) is 26.7 Å². The van der Waals surface area contributed by atoms with Crippen LogP contribution in [0, 0.1) is 0 Å². The highest BCUT2D eigenvalue weighted by Gasteiger charge is 2.32. The molecule has 0 bridgehead atoms. The molecule has 2 fully saturated rings. The van der Waals surface area contributed by atoms with Crippen LogP contribution in [0.1, 0.15) is 26.7 Å². The molecule has 0 amide bonds. The maximum Gasteiger partial charge on any atom is 0.0781 e. The van der Waals surface area contributed by atoms with E-state index in [2.05, 4.69) is 24.1 Å². The van der Waals surface area contributed by atoms with Crippen molar-refractivity contribution in [3.63, 3.8) is 0 Å². The molecule has 0 spiro atoms. The number of ether oxygens (including phenoxy) is 1. The SMILES string of the molecule is CC1CN(CC2(C)CCCO2)CCN1. The van der Waals surface area contributed by atoms with Crippen LogP contribution in [0.4, 0.5) is 0 Å². The summed E-state index contributed by atoms with van der Waals surface area (Å²) >= 11 is 0. The third-order valence-corrected chi connectivity index (χ3v) is 3.31. The van der Waals surface area contributed by atoms with Crippen LogP contribution in [0.3, 0.4) is 0 Å². The van der Waals surface area contributed by atoms with E-state index < -0.39 is 0 Å². The molecule has 2 aliphatic rings. The van der Waals surface area contributed by atoms with Crippen LogP contribution in [-0.2, 0) is 4.74 Å².